The van der Waals surface area contributed by atoms with Gasteiger partial charge in [0, 0.05) is 17.7 Å². The average Bonchev–Trinajstić information content (AvgIpc) is 2.97. The van der Waals surface area contributed by atoms with E-state index in [9.17, 15) is 4.39 Å². The topological polar surface area (TPSA) is 3.88 Å². The fourth-order valence-electron chi connectivity index (χ4n) is 3.54. The van der Waals surface area contributed by atoms with Crippen LogP contribution in [0.4, 0.5) is 4.39 Å². The van der Waals surface area contributed by atoms with E-state index < -0.39 is 0 Å². The lowest BCUT2D eigenvalue weighted by Crippen LogP contribution is -2.34. The Kier molecular flexibility index (Phi) is 3.79. The lowest BCUT2D eigenvalue weighted by atomic mass is 9.93. The predicted molar refractivity (Wildman–Crippen MR) is 85.3 cm³/mol. The molecule has 0 bridgehead atoms. The highest BCUT2D eigenvalue weighted by Crippen LogP contribution is 2.38. The molecule has 0 fully saturated rings. The molecule has 1 atom stereocenters. The SMILES string of the molecule is CCC(C)C1=C(c2ccc3c(F)cccc3[n+]2C)CCC1. The first-order chi connectivity index (χ1) is 10.1. The number of hydrogen-bond donors (Lipinski definition) is 0. The summed E-state index contributed by atoms with van der Waals surface area (Å²) in [5.41, 5.74) is 5.30. The molecule has 1 aliphatic rings. The maximum Gasteiger partial charge on any atom is 0.215 e. The van der Waals surface area contributed by atoms with Gasteiger partial charge in [-0.1, -0.05) is 25.5 Å². The molecular formula is C19H23FN+. The Labute approximate surface area is 126 Å². The van der Waals surface area contributed by atoms with E-state index in [-0.39, 0.29) is 5.82 Å². The third kappa shape index (κ3) is 2.37. The van der Waals surface area contributed by atoms with Crippen molar-refractivity contribution in [1.29, 1.82) is 0 Å². The van der Waals surface area contributed by atoms with Crippen molar-refractivity contribution in [2.45, 2.75) is 39.5 Å². The molecule has 1 heterocycles. The van der Waals surface area contributed by atoms with Gasteiger partial charge < -0.3 is 0 Å². The lowest BCUT2D eigenvalue weighted by molar-refractivity contribution is -0.647. The van der Waals surface area contributed by atoms with Crippen LogP contribution in [0.2, 0.25) is 0 Å². The molecule has 110 valence electrons. The van der Waals surface area contributed by atoms with Gasteiger partial charge in [0.1, 0.15) is 12.9 Å². The second kappa shape index (κ2) is 5.59. The summed E-state index contributed by atoms with van der Waals surface area (Å²) < 4.78 is 16.1. The van der Waals surface area contributed by atoms with Crippen molar-refractivity contribution < 1.29 is 8.96 Å². The molecule has 0 aliphatic heterocycles. The second-order valence-electron chi connectivity index (χ2n) is 6.12. The maximum atomic E-state index is 13.9. The largest absolute Gasteiger partial charge is 0.215 e. The third-order valence-corrected chi connectivity index (χ3v) is 4.94. The first-order valence-corrected chi connectivity index (χ1v) is 7.93. The van der Waals surface area contributed by atoms with Gasteiger partial charge in [0.15, 0.2) is 0 Å². The number of aromatic nitrogens is 1. The maximum absolute atomic E-state index is 13.9. The van der Waals surface area contributed by atoms with Crippen LogP contribution >= 0.6 is 0 Å². The number of rotatable bonds is 3. The first kappa shape index (κ1) is 14.2. The minimum Gasteiger partial charge on any atom is -0.206 e. The molecule has 0 saturated heterocycles. The molecule has 0 spiro atoms. The van der Waals surface area contributed by atoms with Crippen LogP contribution in [0.5, 0.6) is 0 Å². The van der Waals surface area contributed by atoms with Crippen molar-refractivity contribution in [3.8, 4) is 0 Å². The third-order valence-electron chi connectivity index (χ3n) is 4.94. The molecule has 0 saturated carbocycles. The summed E-state index contributed by atoms with van der Waals surface area (Å²) in [6, 6.07) is 9.34. The van der Waals surface area contributed by atoms with E-state index >= 15 is 0 Å². The molecule has 1 aliphatic carbocycles. The van der Waals surface area contributed by atoms with Crippen molar-refractivity contribution >= 4 is 16.5 Å². The van der Waals surface area contributed by atoms with Gasteiger partial charge in [-0.05, 0) is 43.7 Å². The fourth-order valence-corrected chi connectivity index (χ4v) is 3.54. The van der Waals surface area contributed by atoms with Crippen LogP contribution in [0, 0.1) is 11.7 Å². The van der Waals surface area contributed by atoms with E-state index in [2.05, 4.69) is 31.5 Å². The van der Waals surface area contributed by atoms with E-state index in [0.29, 0.717) is 11.3 Å². The number of pyridine rings is 1. The predicted octanol–water partition coefficient (Wildman–Crippen LogP) is 4.79. The quantitative estimate of drug-likeness (QED) is 0.714. The van der Waals surface area contributed by atoms with E-state index in [0.717, 1.165) is 11.9 Å². The van der Waals surface area contributed by atoms with Crippen molar-refractivity contribution in [3.05, 3.63) is 47.4 Å². The van der Waals surface area contributed by atoms with Gasteiger partial charge in [-0.2, -0.15) is 4.57 Å². The van der Waals surface area contributed by atoms with Gasteiger partial charge in [-0.15, -0.1) is 0 Å². The molecule has 0 amide bonds. The summed E-state index contributed by atoms with van der Waals surface area (Å²) in [5.74, 6) is 0.503. The number of allylic oxidation sites excluding steroid dienone is 2. The highest BCUT2D eigenvalue weighted by molar-refractivity contribution is 5.78. The number of halogens is 1. The summed E-state index contributed by atoms with van der Waals surface area (Å²) in [7, 11) is 2.05. The van der Waals surface area contributed by atoms with Gasteiger partial charge in [0.25, 0.3) is 0 Å². The average molecular weight is 284 g/mol. The molecular weight excluding hydrogens is 261 g/mol. The zero-order valence-corrected chi connectivity index (χ0v) is 13.1. The molecule has 0 N–H and O–H groups in total. The molecule has 1 aromatic heterocycles. The van der Waals surface area contributed by atoms with Crippen LogP contribution in [0.3, 0.4) is 0 Å². The lowest BCUT2D eigenvalue weighted by Gasteiger charge is -2.13. The van der Waals surface area contributed by atoms with Gasteiger partial charge in [-0.25, -0.2) is 4.39 Å². The summed E-state index contributed by atoms with van der Waals surface area (Å²) in [6.07, 6.45) is 4.79. The minimum absolute atomic E-state index is 0.141. The number of nitrogens with zero attached hydrogens (tertiary/aromatic N) is 1. The van der Waals surface area contributed by atoms with E-state index in [1.54, 1.807) is 11.6 Å². The Balaban J connectivity index is 2.19. The number of hydrogen-bond acceptors (Lipinski definition) is 0. The Bertz CT molecular complexity index is 715. The zero-order valence-electron chi connectivity index (χ0n) is 13.1. The summed E-state index contributed by atoms with van der Waals surface area (Å²) in [5, 5.41) is 0.701. The smallest absolute Gasteiger partial charge is 0.206 e. The second-order valence-corrected chi connectivity index (χ2v) is 6.12. The standard InChI is InChI=1S/C19H23FN/c1-4-13(2)14-7-5-8-15(14)19-12-11-16-17(20)9-6-10-18(16)21(19)3/h6,9-13H,4-5,7-8H2,1-3H3/q+1. The Hall–Kier alpha value is -1.70. The normalized spacial score (nSPS) is 16.8. The highest BCUT2D eigenvalue weighted by atomic mass is 19.1. The van der Waals surface area contributed by atoms with Crippen molar-refractivity contribution in [2.24, 2.45) is 13.0 Å². The van der Waals surface area contributed by atoms with Crippen LogP contribution in [0.1, 0.15) is 45.2 Å². The van der Waals surface area contributed by atoms with Crippen LogP contribution < -0.4 is 4.57 Å². The highest BCUT2D eigenvalue weighted by Gasteiger charge is 2.26. The molecule has 1 unspecified atom stereocenters. The first-order valence-electron chi connectivity index (χ1n) is 7.93. The molecule has 3 rings (SSSR count). The van der Waals surface area contributed by atoms with Gasteiger partial charge >= 0.3 is 0 Å². The minimum atomic E-state index is -0.141. The molecule has 1 nitrogen and oxygen atoms in total. The van der Waals surface area contributed by atoms with Gasteiger partial charge in [0.2, 0.25) is 11.2 Å². The molecule has 21 heavy (non-hydrogen) atoms. The summed E-state index contributed by atoms with van der Waals surface area (Å²) in [4.78, 5) is 0. The summed E-state index contributed by atoms with van der Waals surface area (Å²) in [6.45, 7) is 4.57. The number of benzene rings is 1. The van der Waals surface area contributed by atoms with Crippen LogP contribution in [-0.2, 0) is 7.05 Å². The molecule has 2 heteroatoms. The Morgan fingerprint density at radius 1 is 1.19 bits per heavy atom. The summed E-state index contributed by atoms with van der Waals surface area (Å²) >= 11 is 0. The monoisotopic (exact) mass is 284 g/mol. The van der Waals surface area contributed by atoms with E-state index in [1.165, 1.54) is 36.6 Å². The van der Waals surface area contributed by atoms with E-state index in [1.807, 2.05) is 12.1 Å². The van der Waals surface area contributed by atoms with Crippen LogP contribution in [0.15, 0.2) is 35.9 Å². The fraction of sp³-hybridized carbons (Fsp3) is 0.421. The molecule has 0 radical (unpaired) electrons. The Morgan fingerprint density at radius 3 is 2.76 bits per heavy atom. The van der Waals surface area contributed by atoms with Gasteiger partial charge in [-0.3, -0.25) is 0 Å². The van der Waals surface area contributed by atoms with Crippen LogP contribution in [0.25, 0.3) is 16.5 Å². The van der Waals surface area contributed by atoms with Crippen molar-refractivity contribution in [2.75, 3.05) is 0 Å². The van der Waals surface area contributed by atoms with Crippen molar-refractivity contribution in [3.63, 3.8) is 0 Å². The Morgan fingerprint density at radius 2 is 2.00 bits per heavy atom. The van der Waals surface area contributed by atoms with Crippen LogP contribution in [-0.4, -0.2) is 0 Å². The number of aryl methyl sites for hydroxylation is 1. The number of fused-ring (bicyclic) bond motifs is 1. The molecule has 2 aromatic rings. The van der Waals surface area contributed by atoms with Crippen molar-refractivity contribution in [1.82, 2.24) is 0 Å². The zero-order chi connectivity index (χ0) is 15.0. The molecule has 1 aromatic carbocycles. The van der Waals surface area contributed by atoms with E-state index in [4.69, 9.17) is 0 Å². The van der Waals surface area contributed by atoms with Gasteiger partial charge in [0.05, 0.1) is 5.39 Å².